The van der Waals surface area contributed by atoms with Gasteiger partial charge >= 0.3 is 0 Å². The van der Waals surface area contributed by atoms with Crippen LogP contribution in [0, 0.1) is 6.92 Å². The highest BCUT2D eigenvalue weighted by atomic mass is 35.5. The van der Waals surface area contributed by atoms with Crippen molar-refractivity contribution >= 4 is 33.7 Å². The summed E-state index contributed by atoms with van der Waals surface area (Å²) in [7, 11) is 0. The molecule has 1 aliphatic heterocycles. The molecule has 5 heterocycles. The number of fused-ring (bicyclic) bond motifs is 4. The summed E-state index contributed by atoms with van der Waals surface area (Å²) in [5.41, 5.74) is 5.91. The zero-order chi connectivity index (χ0) is 20.3. The zero-order valence-corrected chi connectivity index (χ0v) is 18.0. The Bertz CT molecular complexity index is 1240. The van der Waals surface area contributed by atoms with E-state index in [2.05, 4.69) is 45.2 Å². The van der Waals surface area contributed by atoms with E-state index in [1.165, 1.54) is 5.69 Å². The highest BCUT2D eigenvalue weighted by molar-refractivity contribution is 6.38. The van der Waals surface area contributed by atoms with Crippen LogP contribution in [0.4, 0.5) is 0 Å². The van der Waals surface area contributed by atoms with Crippen molar-refractivity contribution in [3.63, 3.8) is 0 Å². The van der Waals surface area contributed by atoms with Gasteiger partial charge in [-0.05, 0) is 45.9 Å². The van der Waals surface area contributed by atoms with E-state index in [9.17, 15) is 0 Å². The Morgan fingerprint density at radius 3 is 2.83 bits per heavy atom. The van der Waals surface area contributed by atoms with Crippen molar-refractivity contribution in [2.75, 3.05) is 13.1 Å². The van der Waals surface area contributed by atoms with E-state index < -0.39 is 0 Å². The minimum absolute atomic E-state index is 0.0865. The van der Waals surface area contributed by atoms with Crippen LogP contribution < -0.4 is 0 Å². The van der Waals surface area contributed by atoms with Crippen molar-refractivity contribution in [3.8, 4) is 11.3 Å². The first kappa shape index (κ1) is 18.6. The summed E-state index contributed by atoms with van der Waals surface area (Å²) in [5.74, 6) is 0. The predicted octanol–water partition coefficient (Wildman–Crippen LogP) is 4.90. The van der Waals surface area contributed by atoms with Gasteiger partial charge in [-0.25, -0.2) is 15.0 Å². The molecule has 1 N–H and O–H groups in total. The van der Waals surface area contributed by atoms with Crippen LogP contribution in [0.15, 0.2) is 24.7 Å². The summed E-state index contributed by atoms with van der Waals surface area (Å²) >= 11 is 6.88. The first-order valence-corrected chi connectivity index (χ1v) is 10.5. The molecule has 150 valence electrons. The van der Waals surface area contributed by atoms with Gasteiger partial charge in [-0.3, -0.25) is 4.90 Å². The molecule has 4 aromatic rings. The third-order valence-electron chi connectivity index (χ3n) is 5.92. The molecule has 0 saturated carbocycles. The quantitative estimate of drug-likeness (QED) is 0.523. The van der Waals surface area contributed by atoms with Crippen LogP contribution in [0.3, 0.4) is 0 Å². The standard InChI is InChI=1S/C22H25ClN6/c1-5-9-28-10-15-17(19-18(23)14-7-6-8-24-20(14)27-19)16-13(2)25-12-26-21(16)29(15)22(3,4)11-28/h6-8,12H,5,9-11H2,1-4H3,(H,24,27). The Labute approximate surface area is 174 Å². The molecule has 0 unspecified atom stereocenters. The summed E-state index contributed by atoms with van der Waals surface area (Å²) in [6.07, 6.45) is 4.58. The average molecular weight is 409 g/mol. The van der Waals surface area contributed by atoms with Crippen molar-refractivity contribution in [1.29, 1.82) is 0 Å². The van der Waals surface area contributed by atoms with E-state index in [4.69, 9.17) is 16.6 Å². The Balaban J connectivity index is 1.89. The van der Waals surface area contributed by atoms with E-state index >= 15 is 0 Å². The minimum Gasteiger partial charge on any atom is -0.338 e. The molecule has 0 saturated heterocycles. The number of pyridine rings is 1. The van der Waals surface area contributed by atoms with Gasteiger partial charge in [-0.15, -0.1) is 0 Å². The summed E-state index contributed by atoms with van der Waals surface area (Å²) in [6.45, 7) is 11.8. The number of nitrogens with one attached hydrogen (secondary N) is 1. The molecule has 5 rings (SSSR count). The molecule has 0 amide bonds. The first-order chi connectivity index (χ1) is 13.9. The third kappa shape index (κ3) is 2.69. The lowest BCUT2D eigenvalue weighted by molar-refractivity contribution is 0.137. The van der Waals surface area contributed by atoms with Gasteiger partial charge in [0.15, 0.2) is 0 Å². The molecule has 0 spiro atoms. The number of aromatic nitrogens is 5. The van der Waals surface area contributed by atoms with Crippen LogP contribution in [0.25, 0.3) is 33.3 Å². The molecule has 1 aliphatic rings. The molecule has 0 radical (unpaired) electrons. The lowest BCUT2D eigenvalue weighted by atomic mass is 9.99. The number of rotatable bonds is 3. The molecular weight excluding hydrogens is 384 g/mol. The lowest BCUT2D eigenvalue weighted by Crippen LogP contribution is -2.46. The largest absolute Gasteiger partial charge is 0.338 e. The fraction of sp³-hybridized carbons (Fsp3) is 0.409. The van der Waals surface area contributed by atoms with Gasteiger partial charge in [-0.2, -0.15) is 0 Å². The van der Waals surface area contributed by atoms with Gasteiger partial charge in [0.1, 0.15) is 17.6 Å². The summed E-state index contributed by atoms with van der Waals surface area (Å²) < 4.78 is 2.40. The molecule has 0 bridgehead atoms. The summed E-state index contributed by atoms with van der Waals surface area (Å²) in [5, 5.41) is 2.71. The van der Waals surface area contributed by atoms with Crippen molar-refractivity contribution in [2.45, 2.75) is 46.2 Å². The fourth-order valence-electron chi connectivity index (χ4n) is 4.90. The third-order valence-corrected chi connectivity index (χ3v) is 6.32. The van der Waals surface area contributed by atoms with E-state index in [1.54, 1.807) is 12.5 Å². The van der Waals surface area contributed by atoms with Gasteiger partial charge in [0, 0.05) is 41.3 Å². The number of hydrogen-bond donors (Lipinski definition) is 1. The van der Waals surface area contributed by atoms with E-state index in [0.29, 0.717) is 5.02 Å². The minimum atomic E-state index is -0.0865. The van der Waals surface area contributed by atoms with Crippen LogP contribution >= 0.6 is 11.6 Å². The summed E-state index contributed by atoms with van der Waals surface area (Å²) in [6, 6.07) is 3.92. The molecule has 6 nitrogen and oxygen atoms in total. The maximum Gasteiger partial charge on any atom is 0.145 e. The second kappa shape index (κ2) is 6.54. The second-order valence-electron chi connectivity index (χ2n) is 8.55. The Kier molecular flexibility index (Phi) is 4.19. The monoisotopic (exact) mass is 408 g/mol. The smallest absolute Gasteiger partial charge is 0.145 e. The number of halogens is 1. The molecule has 7 heteroatoms. The van der Waals surface area contributed by atoms with Crippen molar-refractivity contribution in [1.82, 2.24) is 29.4 Å². The van der Waals surface area contributed by atoms with Gasteiger partial charge in [0.05, 0.1) is 21.9 Å². The Morgan fingerprint density at radius 1 is 1.24 bits per heavy atom. The maximum absolute atomic E-state index is 6.88. The van der Waals surface area contributed by atoms with Crippen molar-refractivity contribution < 1.29 is 0 Å². The van der Waals surface area contributed by atoms with E-state index in [0.717, 1.165) is 65.1 Å². The molecule has 0 fully saturated rings. The molecular formula is C22H25ClN6. The number of hydrogen-bond acceptors (Lipinski definition) is 4. The van der Waals surface area contributed by atoms with Crippen LogP contribution in [0.1, 0.15) is 38.6 Å². The van der Waals surface area contributed by atoms with Crippen LogP contribution in [0.2, 0.25) is 5.02 Å². The maximum atomic E-state index is 6.88. The van der Waals surface area contributed by atoms with Crippen molar-refractivity contribution in [2.24, 2.45) is 0 Å². The van der Waals surface area contributed by atoms with Crippen LogP contribution in [-0.2, 0) is 12.1 Å². The molecule has 29 heavy (non-hydrogen) atoms. The Hall–Kier alpha value is -2.44. The number of aryl methyl sites for hydroxylation is 1. The van der Waals surface area contributed by atoms with Gasteiger partial charge in [0.2, 0.25) is 0 Å². The highest BCUT2D eigenvalue weighted by Crippen LogP contribution is 2.45. The second-order valence-corrected chi connectivity index (χ2v) is 8.93. The molecule has 4 aromatic heterocycles. The lowest BCUT2D eigenvalue weighted by Gasteiger charge is -2.41. The molecule has 0 aromatic carbocycles. The predicted molar refractivity (Wildman–Crippen MR) is 117 cm³/mol. The van der Waals surface area contributed by atoms with Gasteiger partial charge in [-0.1, -0.05) is 18.5 Å². The van der Waals surface area contributed by atoms with Crippen LogP contribution in [0.5, 0.6) is 0 Å². The van der Waals surface area contributed by atoms with E-state index in [1.807, 2.05) is 19.1 Å². The van der Waals surface area contributed by atoms with Crippen molar-refractivity contribution in [3.05, 3.63) is 41.1 Å². The molecule has 0 aliphatic carbocycles. The Morgan fingerprint density at radius 2 is 2.07 bits per heavy atom. The zero-order valence-electron chi connectivity index (χ0n) is 17.3. The summed E-state index contributed by atoms with van der Waals surface area (Å²) in [4.78, 5) is 19.7. The number of aromatic amines is 1. The SMILES string of the molecule is CCCN1Cc2c(-c3[nH]c4ncccc4c3Cl)c3c(C)ncnc3n2C(C)(C)C1. The first-order valence-electron chi connectivity index (χ1n) is 10.1. The normalized spacial score (nSPS) is 16.6. The number of H-pyrrole nitrogens is 1. The topological polar surface area (TPSA) is 62.6 Å². The number of nitrogens with zero attached hydrogens (tertiary/aromatic N) is 5. The highest BCUT2D eigenvalue weighted by Gasteiger charge is 2.37. The van der Waals surface area contributed by atoms with Gasteiger partial charge in [0.25, 0.3) is 0 Å². The van der Waals surface area contributed by atoms with Crippen LogP contribution in [-0.4, -0.2) is 42.5 Å². The fourth-order valence-corrected chi connectivity index (χ4v) is 5.19. The average Bonchev–Trinajstić information content (AvgIpc) is 3.18. The molecule has 0 atom stereocenters. The van der Waals surface area contributed by atoms with Gasteiger partial charge < -0.3 is 9.55 Å². The van der Waals surface area contributed by atoms with E-state index in [-0.39, 0.29) is 5.54 Å².